The fourth-order valence-corrected chi connectivity index (χ4v) is 2.20. The molecule has 2 heterocycles. The maximum Gasteiger partial charge on any atom is 0.191 e. The van der Waals surface area contributed by atoms with Gasteiger partial charge in [-0.15, -0.1) is 0 Å². The van der Waals surface area contributed by atoms with E-state index >= 15 is 0 Å². The molecule has 2 aromatic heterocycles. The lowest BCUT2D eigenvalue weighted by Gasteiger charge is -2.23. The third kappa shape index (κ3) is 4.81. The van der Waals surface area contributed by atoms with Gasteiger partial charge < -0.3 is 10.6 Å². The molecule has 0 fully saturated rings. The van der Waals surface area contributed by atoms with E-state index in [-0.39, 0.29) is 5.54 Å². The van der Waals surface area contributed by atoms with Gasteiger partial charge in [0.2, 0.25) is 0 Å². The van der Waals surface area contributed by atoms with Crippen LogP contribution in [0.2, 0.25) is 0 Å². The third-order valence-electron chi connectivity index (χ3n) is 3.17. The van der Waals surface area contributed by atoms with Crippen LogP contribution in [0.5, 0.6) is 0 Å². The van der Waals surface area contributed by atoms with Gasteiger partial charge in [0.25, 0.3) is 0 Å². The highest BCUT2D eigenvalue weighted by Crippen LogP contribution is 2.14. The van der Waals surface area contributed by atoms with E-state index in [4.69, 9.17) is 0 Å². The molecule has 0 aliphatic heterocycles. The summed E-state index contributed by atoms with van der Waals surface area (Å²) < 4.78 is 1.98. The molecule has 6 heteroatoms. The second-order valence-electron chi connectivity index (χ2n) is 6.40. The van der Waals surface area contributed by atoms with Crippen LogP contribution in [0.15, 0.2) is 35.7 Å². The fraction of sp³-hybridized carbons (Fsp3) is 0.471. The van der Waals surface area contributed by atoms with Crippen LogP contribution in [0.1, 0.15) is 39.1 Å². The van der Waals surface area contributed by atoms with Gasteiger partial charge >= 0.3 is 0 Å². The number of hydrogen-bond donors (Lipinski definition) is 2. The lowest BCUT2D eigenvalue weighted by atomic mass is 10.1. The van der Waals surface area contributed by atoms with Gasteiger partial charge in [-0.3, -0.25) is 4.57 Å². The van der Waals surface area contributed by atoms with Crippen molar-refractivity contribution >= 4 is 5.96 Å². The van der Waals surface area contributed by atoms with Crippen LogP contribution in [0.3, 0.4) is 0 Å². The summed E-state index contributed by atoms with van der Waals surface area (Å²) in [5.41, 5.74) is 1.01. The lowest BCUT2D eigenvalue weighted by Crippen LogP contribution is -2.47. The molecule has 0 saturated carbocycles. The highest BCUT2D eigenvalue weighted by atomic mass is 15.2. The first-order valence-corrected chi connectivity index (χ1v) is 7.91. The summed E-state index contributed by atoms with van der Waals surface area (Å²) >= 11 is 0. The molecule has 0 bridgehead atoms. The van der Waals surface area contributed by atoms with Crippen molar-refractivity contribution in [2.45, 2.75) is 46.7 Å². The number of nitrogens with zero attached hydrogens (tertiary/aromatic N) is 4. The highest BCUT2D eigenvalue weighted by Gasteiger charge is 2.12. The quantitative estimate of drug-likeness (QED) is 0.672. The van der Waals surface area contributed by atoms with Gasteiger partial charge in [-0.1, -0.05) is 6.07 Å². The second kappa shape index (κ2) is 7.26. The van der Waals surface area contributed by atoms with Crippen LogP contribution >= 0.6 is 0 Å². The molecule has 0 aliphatic rings. The first-order chi connectivity index (χ1) is 10.9. The minimum atomic E-state index is -0.0420. The maximum absolute atomic E-state index is 4.69. The van der Waals surface area contributed by atoms with Crippen molar-refractivity contribution in [1.82, 2.24) is 25.2 Å². The summed E-state index contributed by atoms with van der Waals surface area (Å²) in [6.07, 6.45) is 5.49. The zero-order chi connectivity index (χ0) is 16.9. The van der Waals surface area contributed by atoms with E-state index in [0.717, 1.165) is 29.7 Å². The maximum atomic E-state index is 4.69. The van der Waals surface area contributed by atoms with Gasteiger partial charge in [0.1, 0.15) is 11.6 Å². The average Bonchev–Trinajstić information content (AvgIpc) is 2.90. The van der Waals surface area contributed by atoms with E-state index in [9.17, 15) is 0 Å². The molecule has 0 radical (unpaired) electrons. The van der Waals surface area contributed by atoms with E-state index in [1.54, 1.807) is 12.4 Å². The van der Waals surface area contributed by atoms with Crippen LogP contribution < -0.4 is 10.6 Å². The summed E-state index contributed by atoms with van der Waals surface area (Å²) in [6.45, 7) is 11.7. The minimum absolute atomic E-state index is 0.0420. The molecular formula is C17H26N6. The van der Waals surface area contributed by atoms with Crippen LogP contribution in [-0.4, -0.2) is 32.6 Å². The first-order valence-electron chi connectivity index (χ1n) is 7.91. The Balaban J connectivity index is 2.26. The summed E-state index contributed by atoms with van der Waals surface area (Å²) in [5, 5.41) is 6.67. The number of aliphatic imine (C=N–C) groups is 1. The molecule has 0 spiro atoms. The molecule has 0 unspecified atom stereocenters. The highest BCUT2D eigenvalue weighted by molar-refractivity contribution is 5.80. The van der Waals surface area contributed by atoms with Crippen molar-refractivity contribution in [2.75, 3.05) is 6.54 Å². The molecule has 6 nitrogen and oxygen atoms in total. The summed E-state index contributed by atoms with van der Waals surface area (Å²) in [7, 11) is 0. The van der Waals surface area contributed by atoms with Crippen molar-refractivity contribution in [2.24, 2.45) is 4.99 Å². The van der Waals surface area contributed by atoms with Crippen molar-refractivity contribution in [1.29, 1.82) is 0 Å². The normalized spacial score (nSPS) is 12.3. The van der Waals surface area contributed by atoms with Crippen molar-refractivity contribution in [3.05, 3.63) is 42.1 Å². The molecule has 2 aromatic rings. The van der Waals surface area contributed by atoms with Gasteiger partial charge in [0.05, 0.1) is 6.54 Å². The number of rotatable bonds is 4. The van der Waals surface area contributed by atoms with Gasteiger partial charge in [-0.2, -0.15) is 0 Å². The van der Waals surface area contributed by atoms with Gasteiger partial charge in [-0.25, -0.2) is 15.0 Å². The van der Waals surface area contributed by atoms with Gasteiger partial charge in [-0.05, 0) is 40.7 Å². The molecular weight excluding hydrogens is 288 g/mol. The Labute approximate surface area is 138 Å². The van der Waals surface area contributed by atoms with Crippen LogP contribution in [0.4, 0.5) is 0 Å². The van der Waals surface area contributed by atoms with E-state index in [1.165, 1.54) is 0 Å². The van der Waals surface area contributed by atoms with Crippen molar-refractivity contribution in [3.63, 3.8) is 0 Å². The third-order valence-corrected chi connectivity index (χ3v) is 3.17. The Bertz CT molecular complexity index is 666. The molecule has 0 atom stereocenters. The van der Waals surface area contributed by atoms with Crippen LogP contribution in [-0.2, 0) is 6.54 Å². The zero-order valence-electron chi connectivity index (χ0n) is 14.6. The van der Waals surface area contributed by atoms with Crippen molar-refractivity contribution < 1.29 is 0 Å². The molecule has 2 N–H and O–H groups in total. The van der Waals surface area contributed by atoms with Crippen molar-refractivity contribution in [3.8, 4) is 5.82 Å². The van der Waals surface area contributed by atoms with Crippen LogP contribution in [0, 0.1) is 6.92 Å². The van der Waals surface area contributed by atoms with E-state index in [0.29, 0.717) is 6.54 Å². The predicted molar refractivity (Wildman–Crippen MR) is 93.8 cm³/mol. The Morgan fingerprint density at radius 2 is 2.04 bits per heavy atom. The Hall–Kier alpha value is -2.37. The number of imidazole rings is 1. The number of pyridine rings is 1. The number of guanidine groups is 1. The average molecular weight is 314 g/mol. The summed E-state index contributed by atoms with van der Waals surface area (Å²) in [6, 6.07) is 3.98. The Kier molecular flexibility index (Phi) is 5.36. The van der Waals surface area contributed by atoms with E-state index < -0.39 is 0 Å². The first kappa shape index (κ1) is 17.0. The standard InChI is InChI=1S/C17H26N6/c1-6-18-16(22-17(3,4)5)21-12-14-8-7-9-20-15(14)23-11-10-19-13(23)2/h7-11H,6,12H2,1-5H3,(H2,18,21,22). The smallest absolute Gasteiger partial charge is 0.191 e. The minimum Gasteiger partial charge on any atom is -0.357 e. The molecule has 0 aromatic carbocycles. The van der Waals surface area contributed by atoms with Crippen LogP contribution in [0.25, 0.3) is 5.82 Å². The molecule has 0 saturated heterocycles. The molecule has 0 aliphatic carbocycles. The topological polar surface area (TPSA) is 67.1 Å². The predicted octanol–water partition coefficient (Wildman–Crippen LogP) is 2.43. The number of aromatic nitrogens is 3. The fourth-order valence-electron chi connectivity index (χ4n) is 2.20. The largest absolute Gasteiger partial charge is 0.357 e. The number of aryl methyl sites for hydroxylation is 1. The van der Waals surface area contributed by atoms with Gasteiger partial charge in [0.15, 0.2) is 5.96 Å². The monoisotopic (exact) mass is 314 g/mol. The van der Waals surface area contributed by atoms with E-state index in [2.05, 4.69) is 53.3 Å². The SMILES string of the molecule is CCNC(=NCc1cccnc1-n1ccnc1C)NC(C)(C)C. The molecule has 23 heavy (non-hydrogen) atoms. The Morgan fingerprint density at radius 3 is 2.65 bits per heavy atom. The summed E-state index contributed by atoms with van der Waals surface area (Å²) in [5.74, 6) is 2.59. The lowest BCUT2D eigenvalue weighted by molar-refractivity contribution is 0.501. The molecule has 0 amide bonds. The molecule has 124 valence electrons. The molecule has 2 rings (SSSR count). The Morgan fingerprint density at radius 1 is 1.26 bits per heavy atom. The number of hydrogen-bond acceptors (Lipinski definition) is 3. The van der Waals surface area contributed by atoms with E-state index in [1.807, 2.05) is 29.8 Å². The number of nitrogens with one attached hydrogen (secondary N) is 2. The van der Waals surface area contributed by atoms with Gasteiger partial charge in [0, 0.05) is 36.2 Å². The second-order valence-corrected chi connectivity index (χ2v) is 6.40. The summed E-state index contributed by atoms with van der Waals surface area (Å²) in [4.78, 5) is 13.5. The zero-order valence-corrected chi connectivity index (χ0v) is 14.6.